The first-order valence-corrected chi connectivity index (χ1v) is 12.3. The van der Waals surface area contributed by atoms with Crippen LogP contribution in [0.5, 0.6) is 11.5 Å². The third-order valence-corrected chi connectivity index (χ3v) is 6.78. The Balaban J connectivity index is 1.51. The van der Waals surface area contributed by atoms with Crippen molar-refractivity contribution in [2.75, 3.05) is 25.3 Å². The minimum atomic E-state index is -0.278. The number of aromatic amines is 1. The first-order valence-electron chi connectivity index (χ1n) is 10.9. The Bertz CT molecular complexity index is 1650. The Morgan fingerprint density at radius 1 is 1.08 bits per heavy atom. The SMILES string of the molecule is COc1ccc(NC(=O)CSc2nc3c([nH]c4ccccc43)c(=O)n2-c2ccc(Cl)cc2)c(OC)c1. The van der Waals surface area contributed by atoms with E-state index in [1.54, 1.807) is 49.6 Å². The standard InChI is InChI=1S/C26H21ClN4O4S/c1-34-17-11-12-20(21(13-17)35-2)28-22(32)14-36-26-30-23-18-5-3-4-6-19(18)29-24(23)25(33)31(26)16-9-7-15(27)8-10-16/h3-13,29H,14H2,1-2H3,(H,28,32). The molecule has 182 valence electrons. The van der Waals surface area contributed by atoms with Crippen molar-refractivity contribution in [3.05, 3.63) is 82.1 Å². The molecule has 8 nitrogen and oxygen atoms in total. The number of aromatic nitrogens is 3. The molecule has 0 saturated carbocycles. The van der Waals surface area contributed by atoms with Gasteiger partial charge in [0.25, 0.3) is 5.56 Å². The van der Waals surface area contributed by atoms with Crippen LogP contribution in [-0.2, 0) is 4.79 Å². The van der Waals surface area contributed by atoms with Crippen LogP contribution in [0.4, 0.5) is 5.69 Å². The molecule has 0 aliphatic carbocycles. The summed E-state index contributed by atoms with van der Waals surface area (Å²) in [5, 5.41) is 4.62. The van der Waals surface area contributed by atoms with Gasteiger partial charge in [0.2, 0.25) is 5.91 Å². The lowest BCUT2D eigenvalue weighted by Gasteiger charge is -2.13. The van der Waals surface area contributed by atoms with Crippen molar-refractivity contribution >= 4 is 56.9 Å². The van der Waals surface area contributed by atoms with Crippen LogP contribution in [0.25, 0.3) is 27.6 Å². The summed E-state index contributed by atoms with van der Waals surface area (Å²) in [4.78, 5) is 34.4. The first-order chi connectivity index (χ1) is 17.5. The molecule has 0 fully saturated rings. The van der Waals surface area contributed by atoms with Gasteiger partial charge >= 0.3 is 0 Å². The number of hydrogen-bond acceptors (Lipinski definition) is 6. The molecule has 0 spiro atoms. The highest BCUT2D eigenvalue weighted by Crippen LogP contribution is 2.30. The van der Waals surface area contributed by atoms with Gasteiger partial charge in [-0.15, -0.1) is 0 Å². The van der Waals surface area contributed by atoms with E-state index in [4.69, 9.17) is 26.1 Å². The molecule has 2 heterocycles. The smallest absolute Gasteiger partial charge is 0.283 e. The zero-order chi connectivity index (χ0) is 25.2. The van der Waals surface area contributed by atoms with Crippen molar-refractivity contribution in [2.45, 2.75) is 5.16 Å². The van der Waals surface area contributed by atoms with Gasteiger partial charge in [0.05, 0.1) is 31.3 Å². The summed E-state index contributed by atoms with van der Waals surface area (Å²) >= 11 is 7.23. The number of methoxy groups -OCH3 is 2. The zero-order valence-corrected chi connectivity index (χ0v) is 20.9. The van der Waals surface area contributed by atoms with Crippen LogP contribution in [0, 0.1) is 0 Å². The molecule has 36 heavy (non-hydrogen) atoms. The van der Waals surface area contributed by atoms with Gasteiger partial charge in [-0.25, -0.2) is 4.98 Å². The highest BCUT2D eigenvalue weighted by Gasteiger charge is 2.18. The predicted molar refractivity (Wildman–Crippen MR) is 143 cm³/mol. The number of nitrogens with one attached hydrogen (secondary N) is 2. The Morgan fingerprint density at radius 2 is 1.86 bits per heavy atom. The number of nitrogens with zero attached hydrogens (tertiary/aromatic N) is 2. The molecule has 2 N–H and O–H groups in total. The molecule has 0 saturated heterocycles. The fourth-order valence-corrected chi connectivity index (χ4v) is 4.81. The molecule has 0 aliphatic heterocycles. The monoisotopic (exact) mass is 520 g/mol. The van der Waals surface area contributed by atoms with Crippen molar-refractivity contribution in [3.63, 3.8) is 0 Å². The number of benzene rings is 3. The van der Waals surface area contributed by atoms with Gasteiger partial charge in [-0.3, -0.25) is 14.2 Å². The largest absolute Gasteiger partial charge is 0.497 e. The van der Waals surface area contributed by atoms with Gasteiger partial charge in [-0.2, -0.15) is 0 Å². The summed E-state index contributed by atoms with van der Waals surface area (Å²) in [6.45, 7) is 0. The first kappa shape index (κ1) is 23.8. The quantitative estimate of drug-likeness (QED) is 0.224. The number of thioether (sulfide) groups is 1. The number of amides is 1. The van der Waals surface area contributed by atoms with Crippen molar-refractivity contribution < 1.29 is 14.3 Å². The number of halogens is 1. The second-order valence-electron chi connectivity index (χ2n) is 7.81. The van der Waals surface area contributed by atoms with E-state index in [-0.39, 0.29) is 17.2 Å². The number of rotatable bonds is 7. The maximum Gasteiger partial charge on any atom is 0.283 e. The fourth-order valence-electron chi connectivity index (χ4n) is 3.88. The van der Waals surface area contributed by atoms with E-state index in [2.05, 4.69) is 10.3 Å². The number of para-hydroxylation sites is 1. The maximum absolute atomic E-state index is 13.6. The van der Waals surface area contributed by atoms with Gasteiger partial charge in [0.15, 0.2) is 5.16 Å². The van der Waals surface area contributed by atoms with Crippen LogP contribution < -0.4 is 20.3 Å². The highest BCUT2D eigenvalue weighted by atomic mass is 35.5. The number of ether oxygens (including phenoxy) is 2. The van der Waals surface area contributed by atoms with Crippen LogP contribution in [0.3, 0.4) is 0 Å². The van der Waals surface area contributed by atoms with Gasteiger partial charge in [-0.05, 0) is 42.5 Å². The summed E-state index contributed by atoms with van der Waals surface area (Å²) in [6.07, 6.45) is 0. The molecular formula is C26H21ClN4O4S. The molecule has 0 aliphatic rings. The minimum Gasteiger partial charge on any atom is -0.497 e. The molecule has 10 heteroatoms. The van der Waals surface area contributed by atoms with Gasteiger partial charge < -0.3 is 19.8 Å². The van der Waals surface area contributed by atoms with Crippen LogP contribution in [0.2, 0.25) is 5.02 Å². The Kier molecular flexibility index (Phi) is 6.58. The van der Waals surface area contributed by atoms with Crippen molar-refractivity contribution in [3.8, 4) is 17.2 Å². The van der Waals surface area contributed by atoms with E-state index >= 15 is 0 Å². The third-order valence-electron chi connectivity index (χ3n) is 5.59. The number of anilines is 1. The van der Waals surface area contributed by atoms with E-state index in [0.717, 1.165) is 22.7 Å². The molecule has 0 unspecified atom stereocenters. The molecule has 0 radical (unpaired) electrons. The highest BCUT2D eigenvalue weighted by molar-refractivity contribution is 7.99. The molecule has 0 atom stereocenters. The number of fused-ring (bicyclic) bond motifs is 3. The number of H-pyrrole nitrogens is 1. The fraction of sp³-hybridized carbons (Fsp3) is 0.115. The Labute approximate surface area is 215 Å². The summed E-state index contributed by atoms with van der Waals surface area (Å²) in [5.41, 5.74) is 2.60. The van der Waals surface area contributed by atoms with E-state index in [0.29, 0.717) is 44.1 Å². The minimum absolute atomic E-state index is 0.0169. The van der Waals surface area contributed by atoms with Crippen LogP contribution in [0.15, 0.2) is 76.7 Å². The van der Waals surface area contributed by atoms with E-state index in [1.807, 2.05) is 24.3 Å². The van der Waals surface area contributed by atoms with Gasteiger partial charge in [-0.1, -0.05) is 41.6 Å². The van der Waals surface area contributed by atoms with Gasteiger partial charge in [0.1, 0.15) is 22.5 Å². The average molecular weight is 521 g/mol. The summed E-state index contributed by atoms with van der Waals surface area (Å²) in [6, 6.07) is 19.6. The Hall–Kier alpha value is -3.95. The number of carbonyl (C=O) groups is 1. The molecule has 5 aromatic rings. The van der Waals surface area contributed by atoms with E-state index in [9.17, 15) is 9.59 Å². The topological polar surface area (TPSA) is 98.2 Å². The molecule has 0 bridgehead atoms. The molecule has 5 rings (SSSR count). The normalized spacial score (nSPS) is 11.1. The molecule has 2 aromatic heterocycles. The second kappa shape index (κ2) is 9.96. The lowest BCUT2D eigenvalue weighted by Crippen LogP contribution is -2.23. The lowest BCUT2D eigenvalue weighted by molar-refractivity contribution is -0.113. The summed E-state index contributed by atoms with van der Waals surface area (Å²) < 4.78 is 12.1. The predicted octanol–water partition coefficient (Wildman–Crippen LogP) is 5.27. The lowest BCUT2D eigenvalue weighted by atomic mass is 10.2. The maximum atomic E-state index is 13.6. The third kappa shape index (κ3) is 4.50. The molecule has 3 aromatic carbocycles. The van der Waals surface area contributed by atoms with Crippen molar-refractivity contribution in [1.82, 2.24) is 14.5 Å². The molecular weight excluding hydrogens is 500 g/mol. The van der Waals surface area contributed by atoms with Crippen LogP contribution in [0.1, 0.15) is 0 Å². The average Bonchev–Trinajstić information content (AvgIpc) is 3.27. The number of carbonyl (C=O) groups excluding carboxylic acids is 1. The van der Waals surface area contributed by atoms with Crippen LogP contribution in [-0.4, -0.2) is 40.4 Å². The van der Waals surface area contributed by atoms with Crippen molar-refractivity contribution in [1.29, 1.82) is 0 Å². The second-order valence-corrected chi connectivity index (χ2v) is 9.19. The van der Waals surface area contributed by atoms with Crippen LogP contribution >= 0.6 is 23.4 Å². The number of hydrogen-bond donors (Lipinski definition) is 2. The summed E-state index contributed by atoms with van der Waals surface area (Å²) in [5.74, 6) is 0.828. The van der Waals surface area contributed by atoms with Gasteiger partial charge in [0, 0.05) is 22.0 Å². The Morgan fingerprint density at radius 3 is 2.61 bits per heavy atom. The van der Waals surface area contributed by atoms with E-state index < -0.39 is 0 Å². The van der Waals surface area contributed by atoms with E-state index in [1.165, 1.54) is 11.7 Å². The van der Waals surface area contributed by atoms with Crippen molar-refractivity contribution in [2.24, 2.45) is 0 Å². The zero-order valence-electron chi connectivity index (χ0n) is 19.4. The molecule has 1 amide bonds. The summed E-state index contributed by atoms with van der Waals surface area (Å²) in [7, 11) is 3.08.